The van der Waals surface area contributed by atoms with Crippen LogP contribution in [-0.4, -0.2) is 0 Å². The van der Waals surface area contributed by atoms with Crippen LogP contribution in [0.15, 0.2) is 182 Å². The maximum Gasteiger partial charge on any atom is 0.0468 e. The van der Waals surface area contributed by atoms with E-state index in [-0.39, 0.29) is 0 Å². The smallest absolute Gasteiger partial charge is 0.0468 e. The largest absolute Gasteiger partial charge is 0.310 e. The van der Waals surface area contributed by atoms with Crippen molar-refractivity contribution >= 4 is 49.4 Å². The predicted molar refractivity (Wildman–Crippen MR) is 224 cm³/mol. The number of nitrogens with zero attached hydrogens (tertiary/aromatic N) is 1. The van der Waals surface area contributed by atoms with E-state index >= 15 is 0 Å². The van der Waals surface area contributed by atoms with Crippen molar-refractivity contribution < 1.29 is 0 Å². The third-order valence-electron chi connectivity index (χ3n) is 10.7. The molecule has 9 aromatic carbocycles. The van der Waals surface area contributed by atoms with Crippen LogP contribution < -0.4 is 4.90 Å². The molecule has 1 heteroatoms. The number of hydrogen-bond donors (Lipinski definition) is 0. The number of hydrogen-bond acceptors (Lipinski definition) is 1. The summed E-state index contributed by atoms with van der Waals surface area (Å²) in [6, 6.07) is 66.6. The summed E-state index contributed by atoms with van der Waals surface area (Å²) >= 11 is 0. The number of rotatable bonds is 6. The molecule has 0 amide bonds. The molecule has 0 N–H and O–H groups in total. The lowest BCUT2D eigenvalue weighted by Crippen LogP contribution is -2.10. The van der Waals surface area contributed by atoms with Crippen molar-refractivity contribution in [2.75, 3.05) is 4.90 Å². The van der Waals surface area contributed by atoms with Gasteiger partial charge in [0.05, 0.1) is 0 Å². The van der Waals surface area contributed by atoms with Crippen LogP contribution in [0.2, 0.25) is 0 Å². The fourth-order valence-electron chi connectivity index (χ4n) is 8.01. The van der Waals surface area contributed by atoms with Crippen LogP contribution in [0.1, 0.15) is 16.7 Å². The summed E-state index contributed by atoms with van der Waals surface area (Å²) in [5, 5.41) is 7.51. The van der Waals surface area contributed by atoms with E-state index in [1.165, 1.54) is 82.4 Å². The zero-order chi connectivity index (χ0) is 35.2. The molecule has 0 radical (unpaired) electrons. The van der Waals surface area contributed by atoms with Gasteiger partial charge in [-0.2, -0.15) is 0 Å². The lowest BCUT2D eigenvalue weighted by atomic mass is 9.84. The third kappa shape index (κ3) is 5.52. The number of aryl methyl sites for hydroxylation is 2. The highest BCUT2D eigenvalue weighted by Gasteiger charge is 2.19. The second-order valence-corrected chi connectivity index (χ2v) is 13.9. The fraction of sp³-hybridized carbons (Fsp3) is 0.0588. The zero-order valence-corrected chi connectivity index (χ0v) is 29.8. The van der Waals surface area contributed by atoms with Crippen molar-refractivity contribution in [1.29, 1.82) is 0 Å². The van der Waals surface area contributed by atoms with Crippen LogP contribution in [0.5, 0.6) is 0 Å². The van der Waals surface area contributed by atoms with E-state index in [0.717, 1.165) is 17.1 Å². The summed E-state index contributed by atoms with van der Waals surface area (Å²) in [6.45, 7) is 6.74. The average molecular weight is 666 g/mol. The molecule has 0 fully saturated rings. The summed E-state index contributed by atoms with van der Waals surface area (Å²) in [6.07, 6.45) is 0. The Morgan fingerprint density at radius 3 is 1.73 bits per heavy atom. The molecule has 0 saturated heterocycles. The van der Waals surface area contributed by atoms with Gasteiger partial charge in [0.1, 0.15) is 0 Å². The molecule has 0 aliphatic carbocycles. The number of fused-ring (bicyclic) bond motifs is 4. The molecule has 0 heterocycles. The van der Waals surface area contributed by atoms with E-state index < -0.39 is 0 Å². The van der Waals surface area contributed by atoms with E-state index in [0.29, 0.717) is 0 Å². The molecule has 0 atom stereocenters. The van der Waals surface area contributed by atoms with Gasteiger partial charge in [-0.15, -0.1) is 0 Å². The van der Waals surface area contributed by atoms with Crippen molar-refractivity contribution in [2.24, 2.45) is 0 Å². The molecule has 0 unspecified atom stereocenters. The Morgan fingerprint density at radius 1 is 0.327 bits per heavy atom. The first kappa shape index (κ1) is 31.5. The Hall–Kier alpha value is -6.44. The molecular formula is C51H39N. The molecule has 0 aromatic heterocycles. The van der Waals surface area contributed by atoms with Crippen LogP contribution >= 0.6 is 0 Å². The Bertz CT molecular complexity index is 2770. The van der Waals surface area contributed by atoms with Gasteiger partial charge in [-0.1, -0.05) is 133 Å². The van der Waals surface area contributed by atoms with Crippen molar-refractivity contribution in [2.45, 2.75) is 20.8 Å². The molecular weight excluding hydrogens is 627 g/mol. The summed E-state index contributed by atoms with van der Waals surface area (Å²) < 4.78 is 0. The standard InChI is InChI=1S/C51H39N/c1-34-14-7-11-22-45(34)48-33-50-47(51(36(48)3)46-23-12-8-15-35(46)2)29-27-38-26-28-44(32-49(38)50)52(42-19-5-4-6-20-42)43-21-13-18-40(31-43)41-25-24-37-16-9-10-17-39(37)30-41/h4-33H,1-3H3. The van der Waals surface area contributed by atoms with Gasteiger partial charge in [0.2, 0.25) is 0 Å². The summed E-state index contributed by atoms with van der Waals surface area (Å²) in [7, 11) is 0. The molecule has 1 nitrogen and oxygen atoms in total. The average Bonchev–Trinajstić information content (AvgIpc) is 3.19. The highest BCUT2D eigenvalue weighted by Crippen LogP contribution is 2.44. The normalized spacial score (nSPS) is 11.4. The van der Waals surface area contributed by atoms with Crippen molar-refractivity contribution in [3.8, 4) is 33.4 Å². The van der Waals surface area contributed by atoms with Crippen LogP contribution in [0, 0.1) is 20.8 Å². The topological polar surface area (TPSA) is 3.24 Å². The van der Waals surface area contributed by atoms with Gasteiger partial charge in [-0.3, -0.25) is 0 Å². The van der Waals surface area contributed by atoms with E-state index in [1.54, 1.807) is 0 Å². The minimum atomic E-state index is 1.12. The second kappa shape index (κ2) is 13.0. The van der Waals surface area contributed by atoms with E-state index in [9.17, 15) is 0 Å². The highest BCUT2D eigenvalue weighted by molar-refractivity contribution is 6.16. The summed E-state index contributed by atoms with van der Waals surface area (Å²) in [4.78, 5) is 2.39. The first-order valence-electron chi connectivity index (χ1n) is 18.1. The van der Waals surface area contributed by atoms with E-state index in [1.807, 2.05) is 0 Å². The Kier molecular flexibility index (Phi) is 7.90. The first-order valence-corrected chi connectivity index (χ1v) is 18.1. The lowest BCUT2D eigenvalue weighted by Gasteiger charge is -2.27. The summed E-state index contributed by atoms with van der Waals surface area (Å²) in [5.74, 6) is 0. The predicted octanol–water partition coefficient (Wildman–Crippen LogP) is 14.5. The lowest BCUT2D eigenvalue weighted by molar-refractivity contribution is 1.29. The van der Waals surface area contributed by atoms with Gasteiger partial charge in [0, 0.05) is 17.1 Å². The molecule has 248 valence electrons. The Balaban J connectivity index is 1.28. The SMILES string of the molecule is Cc1ccccc1-c1cc2c(ccc3ccc(N(c4ccccc4)c4cccc(-c5ccc6ccccc6c5)c4)cc32)c(-c2ccccc2C)c1C. The number of para-hydroxylation sites is 1. The van der Waals surface area contributed by atoms with Gasteiger partial charge < -0.3 is 4.90 Å². The van der Waals surface area contributed by atoms with Crippen LogP contribution in [0.25, 0.3) is 65.7 Å². The van der Waals surface area contributed by atoms with Gasteiger partial charge >= 0.3 is 0 Å². The number of anilines is 3. The summed E-state index contributed by atoms with van der Waals surface area (Å²) in [5.41, 5.74) is 14.8. The van der Waals surface area contributed by atoms with Gasteiger partial charge in [0.25, 0.3) is 0 Å². The number of benzene rings is 9. The van der Waals surface area contributed by atoms with Crippen LogP contribution in [0.4, 0.5) is 17.1 Å². The van der Waals surface area contributed by atoms with Crippen molar-refractivity contribution in [3.05, 3.63) is 199 Å². The third-order valence-corrected chi connectivity index (χ3v) is 10.7. The van der Waals surface area contributed by atoms with Gasteiger partial charge in [-0.05, 0) is 152 Å². The van der Waals surface area contributed by atoms with Crippen LogP contribution in [0.3, 0.4) is 0 Å². The monoisotopic (exact) mass is 665 g/mol. The molecule has 52 heavy (non-hydrogen) atoms. The van der Waals surface area contributed by atoms with Crippen molar-refractivity contribution in [3.63, 3.8) is 0 Å². The zero-order valence-electron chi connectivity index (χ0n) is 29.8. The molecule has 0 saturated carbocycles. The van der Waals surface area contributed by atoms with Crippen LogP contribution in [-0.2, 0) is 0 Å². The molecule has 0 aliphatic rings. The molecule has 9 aromatic rings. The minimum Gasteiger partial charge on any atom is -0.310 e. The van der Waals surface area contributed by atoms with E-state index in [2.05, 4.69) is 208 Å². The first-order chi connectivity index (χ1) is 25.5. The molecule has 0 bridgehead atoms. The Labute approximate surface area is 306 Å². The Morgan fingerprint density at radius 2 is 0.942 bits per heavy atom. The van der Waals surface area contributed by atoms with E-state index in [4.69, 9.17) is 0 Å². The molecule has 9 rings (SSSR count). The minimum absolute atomic E-state index is 1.12. The van der Waals surface area contributed by atoms with Crippen molar-refractivity contribution in [1.82, 2.24) is 0 Å². The maximum atomic E-state index is 2.44. The fourth-order valence-corrected chi connectivity index (χ4v) is 8.01. The maximum absolute atomic E-state index is 2.44. The van der Waals surface area contributed by atoms with Gasteiger partial charge in [0.15, 0.2) is 0 Å². The molecule has 0 aliphatic heterocycles. The van der Waals surface area contributed by atoms with Gasteiger partial charge in [-0.25, -0.2) is 0 Å². The quantitative estimate of drug-likeness (QED) is 0.160. The highest BCUT2D eigenvalue weighted by atomic mass is 15.1. The second-order valence-electron chi connectivity index (χ2n) is 13.9. The molecule has 0 spiro atoms.